The lowest BCUT2D eigenvalue weighted by molar-refractivity contribution is 0.101. The predicted octanol–water partition coefficient (Wildman–Crippen LogP) is 2.96. The van der Waals surface area contributed by atoms with Gasteiger partial charge in [-0.15, -0.1) is 0 Å². The third-order valence-electron chi connectivity index (χ3n) is 4.71. The molecule has 1 aliphatic carbocycles. The summed E-state index contributed by atoms with van der Waals surface area (Å²) in [6, 6.07) is 15.9. The van der Waals surface area contributed by atoms with Crippen molar-refractivity contribution < 1.29 is 13.2 Å². The maximum absolute atomic E-state index is 13.0. The minimum Gasteiger partial charge on any atom is -0.321 e. The van der Waals surface area contributed by atoms with Crippen LogP contribution >= 0.6 is 0 Å². The molecule has 144 valence electrons. The molecule has 28 heavy (non-hydrogen) atoms. The SMILES string of the molecule is Cc1ccc(NC(=O)c2cc(C3CC3)nn2-c2ccccc2)cc1S(N)(=O)=O. The number of sulfonamides is 1. The van der Waals surface area contributed by atoms with Gasteiger partial charge in [0, 0.05) is 11.6 Å². The van der Waals surface area contributed by atoms with Gasteiger partial charge in [0.15, 0.2) is 0 Å². The molecule has 0 spiro atoms. The number of hydrogen-bond acceptors (Lipinski definition) is 4. The van der Waals surface area contributed by atoms with E-state index in [-0.39, 0.29) is 10.8 Å². The molecule has 1 saturated carbocycles. The summed E-state index contributed by atoms with van der Waals surface area (Å²) in [4.78, 5) is 12.9. The lowest BCUT2D eigenvalue weighted by Gasteiger charge is -2.10. The van der Waals surface area contributed by atoms with Gasteiger partial charge in [0.1, 0.15) is 5.69 Å². The van der Waals surface area contributed by atoms with E-state index in [4.69, 9.17) is 5.14 Å². The normalized spacial score (nSPS) is 14.1. The molecule has 0 atom stereocenters. The van der Waals surface area contributed by atoms with Gasteiger partial charge in [-0.2, -0.15) is 5.10 Å². The number of hydrogen-bond donors (Lipinski definition) is 2. The van der Waals surface area contributed by atoms with Crippen LogP contribution in [0.1, 0.15) is 40.5 Å². The highest BCUT2D eigenvalue weighted by Crippen LogP contribution is 2.39. The van der Waals surface area contributed by atoms with Gasteiger partial charge in [-0.3, -0.25) is 4.79 Å². The number of anilines is 1. The van der Waals surface area contributed by atoms with E-state index < -0.39 is 10.0 Å². The van der Waals surface area contributed by atoms with E-state index in [0.717, 1.165) is 24.2 Å². The molecule has 1 fully saturated rings. The van der Waals surface area contributed by atoms with Crippen molar-refractivity contribution in [2.45, 2.75) is 30.6 Å². The first-order valence-electron chi connectivity index (χ1n) is 8.93. The lowest BCUT2D eigenvalue weighted by atomic mass is 10.2. The van der Waals surface area contributed by atoms with Gasteiger partial charge in [-0.1, -0.05) is 24.3 Å². The fraction of sp³-hybridized carbons (Fsp3) is 0.200. The second-order valence-electron chi connectivity index (χ2n) is 6.96. The average Bonchev–Trinajstić information content (AvgIpc) is 3.41. The molecule has 0 bridgehead atoms. The van der Waals surface area contributed by atoms with Gasteiger partial charge < -0.3 is 5.32 Å². The van der Waals surface area contributed by atoms with Crippen molar-refractivity contribution in [1.82, 2.24) is 9.78 Å². The number of carbonyl (C=O) groups is 1. The third-order valence-corrected chi connectivity index (χ3v) is 5.76. The maximum atomic E-state index is 13.0. The minimum absolute atomic E-state index is 0.0134. The molecule has 8 heteroatoms. The van der Waals surface area contributed by atoms with Crippen LogP contribution in [0.25, 0.3) is 5.69 Å². The van der Waals surface area contributed by atoms with E-state index in [2.05, 4.69) is 10.4 Å². The average molecular weight is 396 g/mol. The molecule has 0 aliphatic heterocycles. The number of carbonyl (C=O) groups excluding carboxylic acids is 1. The zero-order valence-electron chi connectivity index (χ0n) is 15.3. The topological polar surface area (TPSA) is 107 Å². The molecule has 1 amide bonds. The molecule has 1 aliphatic rings. The van der Waals surface area contributed by atoms with Gasteiger partial charge >= 0.3 is 0 Å². The number of amides is 1. The van der Waals surface area contributed by atoms with Crippen LogP contribution in [-0.2, 0) is 10.0 Å². The van der Waals surface area contributed by atoms with Crippen LogP contribution in [0.3, 0.4) is 0 Å². The predicted molar refractivity (Wildman–Crippen MR) is 106 cm³/mol. The number of nitrogens with zero attached hydrogens (tertiary/aromatic N) is 2. The first-order chi connectivity index (χ1) is 13.3. The number of benzene rings is 2. The summed E-state index contributed by atoms with van der Waals surface area (Å²) < 4.78 is 25.1. The van der Waals surface area contributed by atoms with E-state index >= 15 is 0 Å². The van der Waals surface area contributed by atoms with Gasteiger partial charge in [0.25, 0.3) is 5.91 Å². The molecule has 7 nitrogen and oxygen atoms in total. The first kappa shape index (κ1) is 18.4. The molecule has 0 radical (unpaired) electrons. The smallest absolute Gasteiger partial charge is 0.274 e. The Balaban J connectivity index is 1.69. The summed E-state index contributed by atoms with van der Waals surface area (Å²) in [6.07, 6.45) is 2.14. The summed E-state index contributed by atoms with van der Waals surface area (Å²) in [5.74, 6) is 0.0253. The molecular weight excluding hydrogens is 376 g/mol. The fourth-order valence-corrected chi connectivity index (χ4v) is 3.89. The maximum Gasteiger partial charge on any atom is 0.274 e. The molecular formula is C20H20N4O3S. The van der Waals surface area contributed by atoms with Crippen LogP contribution in [-0.4, -0.2) is 24.1 Å². The molecule has 1 heterocycles. The summed E-state index contributed by atoms with van der Waals surface area (Å²) in [6.45, 7) is 1.65. The Hall–Kier alpha value is -2.97. The van der Waals surface area contributed by atoms with Crippen LogP contribution < -0.4 is 10.5 Å². The Labute approximate surface area is 163 Å². The van der Waals surface area contributed by atoms with Crippen molar-refractivity contribution in [3.8, 4) is 5.69 Å². The summed E-state index contributed by atoms with van der Waals surface area (Å²) in [5.41, 5.74) is 2.95. The molecule has 0 saturated heterocycles. The second-order valence-corrected chi connectivity index (χ2v) is 8.49. The highest BCUT2D eigenvalue weighted by molar-refractivity contribution is 7.89. The second kappa shape index (κ2) is 6.88. The minimum atomic E-state index is -3.88. The van der Waals surface area contributed by atoms with E-state index in [1.165, 1.54) is 6.07 Å². The van der Waals surface area contributed by atoms with Crippen LogP contribution in [0.5, 0.6) is 0 Å². The van der Waals surface area contributed by atoms with Crippen molar-refractivity contribution in [2.24, 2.45) is 5.14 Å². The quantitative estimate of drug-likeness (QED) is 0.691. The summed E-state index contributed by atoms with van der Waals surface area (Å²) in [7, 11) is -3.88. The number of aryl methyl sites for hydroxylation is 1. The first-order valence-corrected chi connectivity index (χ1v) is 10.5. The highest BCUT2D eigenvalue weighted by Gasteiger charge is 2.29. The van der Waals surface area contributed by atoms with Crippen molar-refractivity contribution in [3.63, 3.8) is 0 Å². The Kier molecular flexibility index (Phi) is 4.52. The Morgan fingerprint density at radius 1 is 1.14 bits per heavy atom. The largest absolute Gasteiger partial charge is 0.321 e. The van der Waals surface area contributed by atoms with Crippen LogP contribution in [0, 0.1) is 6.92 Å². The zero-order chi connectivity index (χ0) is 19.9. The Morgan fingerprint density at radius 2 is 1.86 bits per heavy atom. The Bertz CT molecular complexity index is 1150. The number of nitrogens with two attached hydrogens (primary N) is 1. The number of primary sulfonamides is 1. The lowest BCUT2D eigenvalue weighted by Crippen LogP contribution is -2.18. The van der Waals surface area contributed by atoms with Gasteiger partial charge in [0.05, 0.1) is 16.3 Å². The van der Waals surface area contributed by atoms with E-state index in [9.17, 15) is 13.2 Å². The van der Waals surface area contributed by atoms with Crippen LogP contribution in [0.15, 0.2) is 59.5 Å². The summed E-state index contributed by atoms with van der Waals surface area (Å²) in [5, 5.41) is 12.6. The van der Waals surface area contributed by atoms with Crippen molar-refractivity contribution in [2.75, 3.05) is 5.32 Å². The molecule has 0 unspecified atom stereocenters. The van der Waals surface area contributed by atoms with Gasteiger partial charge in [0.2, 0.25) is 10.0 Å². The van der Waals surface area contributed by atoms with Crippen molar-refractivity contribution >= 4 is 21.6 Å². The number of aromatic nitrogens is 2. The van der Waals surface area contributed by atoms with E-state index in [1.807, 2.05) is 30.3 Å². The Morgan fingerprint density at radius 3 is 2.50 bits per heavy atom. The number of nitrogens with one attached hydrogen (secondary N) is 1. The van der Waals surface area contributed by atoms with Crippen LogP contribution in [0.4, 0.5) is 5.69 Å². The molecule has 3 N–H and O–H groups in total. The molecule has 2 aromatic carbocycles. The van der Waals surface area contributed by atoms with E-state index in [1.54, 1.807) is 29.8 Å². The molecule has 1 aromatic heterocycles. The molecule has 4 rings (SSSR count). The fourth-order valence-electron chi connectivity index (χ4n) is 3.09. The van der Waals surface area contributed by atoms with E-state index in [0.29, 0.717) is 22.9 Å². The number of para-hydroxylation sites is 1. The van der Waals surface area contributed by atoms with Crippen molar-refractivity contribution in [3.05, 3.63) is 71.5 Å². The number of rotatable bonds is 5. The van der Waals surface area contributed by atoms with Crippen molar-refractivity contribution in [1.29, 1.82) is 0 Å². The zero-order valence-corrected chi connectivity index (χ0v) is 16.1. The van der Waals surface area contributed by atoms with Gasteiger partial charge in [-0.25, -0.2) is 18.2 Å². The van der Waals surface area contributed by atoms with Gasteiger partial charge in [-0.05, 0) is 55.7 Å². The summed E-state index contributed by atoms with van der Waals surface area (Å²) >= 11 is 0. The highest BCUT2D eigenvalue weighted by atomic mass is 32.2. The molecule has 3 aromatic rings. The van der Waals surface area contributed by atoms with Crippen LogP contribution in [0.2, 0.25) is 0 Å². The third kappa shape index (κ3) is 3.69. The monoisotopic (exact) mass is 396 g/mol. The standard InChI is InChI=1S/C20H20N4O3S/c1-13-7-10-15(11-19(13)28(21,26)27)22-20(25)18-12-17(14-8-9-14)23-24(18)16-5-3-2-4-6-16/h2-7,10-12,14H,8-9H2,1H3,(H,22,25)(H2,21,26,27).